The Morgan fingerprint density at radius 2 is 1.96 bits per heavy atom. The fraction of sp³-hybridized carbons (Fsp3) is 0.600. The van der Waals surface area contributed by atoms with Crippen LogP contribution < -0.4 is 5.32 Å². The molecular weight excluding hydrogens is 365 g/mol. The molecule has 2 N–H and O–H groups in total. The van der Waals surface area contributed by atoms with Crippen LogP contribution in [0.3, 0.4) is 0 Å². The third-order valence-electron chi connectivity index (χ3n) is 5.67. The fourth-order valence-electron chi connectivity index (χ4n) is 3.87. The molecule has 2 aliphatic rings. The number of phenols is 1. The van der Waals surface area contributed by atoms with E-state index in [4.69, 9.17) is 4.74 Å². The monoisotopic (exact) mass is 393 g/mol. The van der Waals surface area contributed by atoms with E-state index in [9.17, 15) is 19.1 Å². The molecule has 0 saturated carbocycles. The summed E-state index contributed by atoms with van der Waals surface area (Å²) >= 11 is 0. The topological polar surface area (TPSA) is 82.1 Å². The Balaban J connectivity index is 1.43. The van der Waals surface area contributed by atoms with Gasteiger partial charge in [0, 0.05) is 38.1 Å². The number of carbonyl (C=O) groups is 2. The minimum Gasteiger partial charge on any atom is -0.505 e. The van der Waals surface area contributed by atoms with Crippen molar-refractivity contribution in [3.63, 3.8) is 0 Å². The zero-order valence-corrected chi connectivity index (χ0v) is 16.2. The van der Waals surface area contributed by atoms with Crippen molar-refractivity contribution in [2.45, 2.75) is 37.8 Å². The van der Waals surface area contributed by atoms with E-state index < -0.39 is 11.6 Å². The molecule has 0 bridgehead atoms. The number of morpholine rings is 1. The first-order chi connectivity index (χ1) is 13.4. The van der Waals surface area contributed by atoms with E-state index in [2.05, 4.69) is 10.2 Å². The Labute approximate surface area is 164 Å². The van der Waals surface area contributed by atoms with Gasteiger partial charge in [0.1, 0.15) is 0 Å². The molecule has 3 rings (SSSR count). The predicted octanol–water partition coefficient (Wildman–Crippen LogP) is 0.902. The van der Waals surface area contributed by atoms with Crippen LogP contribution in [-0.4, -0.2) is 78.7 Å². The number of likely N-dealkylation sites (tertiary alicyclic amines) is 1. The van der Waals surface area contributed by atoms with Crippen molar-refractivity contribution in [2.24, 2.45) is 0 Å². The van der Waals surface area contributed by atoms with Crippen molar-refractivity contribution in [1.82, 2.24) is 15.1 Å². The van der Waals surface area contributed by atoms with E-state index in [0.29, 0.717) is 44.8 Å². The molecule has 28 heavy (non-hydrogen) atoms. The van der Waals surface area contributed by atoms with Gasteiger partial charge in [-0.05, 0) is 37.6 Å². The van der Waals surface area contributed by atoms with Crippen molar-refractivity contribution >= 4 is 11.8 Å². The van der Waals surface area contributed by atoms with Crippen molar-refractivity contribution in [3.8, 4) is 5.75 Å². The van der Waals surface area contributed by atoms with Crippen LogP contribution in [0.5, 0.6) is 5.75 Å². The zero-order valence-electron chi connectivity index (χ0n) is 16.2. The first kappa shape index (κ1) is 20.5. The Kier molecular flexibility index (Phi) is 6.85. The number of ether oxygens (including phenoxy) is 1. The molecule has 2 saturated heterocycles. The van der Waals surface area contributed by atoms with Crippen LogP contribution in [-0.2, 0) is 20.7 Å². The van der Waals surface area contributed by atoms with E-state index >= 15 is 0 Å². The van der Waals surface area contributed by atoms with Crippen LogP contribution in [0.15, 0.2) is 18.2 Å². The van der Waals surface area contributed by atoms with E-state index in [-0.39, 0.29) is 30.3 Å². The van der Waals surface area contributed by atoms with Crippen LogP contribution in [0, 0.1) is 5.82 Å². The highest BCUT2D eigenvalue weighted by molar-refractivity contribution is 5.78. The van der Waals surface area contributed by atoms with Crippen molar-refractivity contribution in [1.29, 1.82) is 0 Å². The number of phenolic OH excluding ortho intramolecular Hbond substituents is 1. The second-order valence-corrected chi connectivity index (χ2v) is 7.51. The highest BCUT2D eigenvalue weighted by atomic mass is 19.1. The van der Waals surface area contributed by atoms with Crippen LogP contribution in [0.2, 0.25) is 0 Å². The average Bonchev–Trinajstić information content (AvgIpc) is 3.03. The third-order valence-corrected chi connectivity index (χ3v) is 5.67. The second-order valence-electron chi connectivity index (χ2n) is 7.51. The molecule has 8 heteroatoms. The quantitative estimate of drug-likeness (QED) is 0.751. The normalized spacial score (nSPS) is 23.0. The number of hydrogen-bond donors (Lipinski definition) is 2. The maximum atomic E-state index is 13.4. The SMILES string of the molecule is CN1[C@@H](CC(=O)N2CCOCC2)CC[C@H]1CNC(=O)Cc1ccc(O)c(F)c1. The first-order valence-electron chi connectivity index (χ1n) is 9.75. The van der Waals surface area contributed by atoms with Gasteiger partial charge in [0.05, 0.1) is 19.6 Å². The predicted molar refractivity (Wildman–Crippen MR) is 101 cm³/mol. The van der Waals surface area contributed by atoms with Crippen LogP contribution >= 0.6 is 0 Å². The molecular formula is C20H28FN3O4. The maximum absolute atomic E-state index is 13.4. The van der Waals surface area contributed by atoms with Gasteiger partial charge in [-0.25, -0.2) is 4.39 Å². The summed E-state index contributed by atoms with van der Waals surface area (Å²) in [5.74, 6) is -1.17. The van der Waals surface area contributed by atoms with E-state index in [1.165, 1.54) is 18.2 Å². The molecule has 0 unspecified atom stereocenters. The van der Waals surface area contributed by atoms with E-state index in [1.54, 1.807) is 0 Å². The molecule has 0 radical (unpaired) electrons. The molecule has 0 aliphatic carbocycles. The summed E-state index contributed by atoms with van der Waals surface area (Å²) in [6, 6.07) is 4.32. The number of nitrogens with one attached hydrogen (secondary N) is 1. The summed E-state index contributed by atoms with van der Waals surface area (Å²) in [7, 11) is 2.00. The number of amides is 2. The average molecular weight is 393 g/mol. The number of likely N-dealkylation sites (N-methyl/N-ethyl adjacent to an activating group) is 1. The Morgan fingerprint density at radius 1 is 1.25 bits per heavy atom. The van der Waals surface area contributed by atoms with Gasteiger partial charge in [0.15, 0.2) is 11.6 Å². The Bertz CT molecular complexity index is 709. The number of benzene rings is 1. The van der Waals surface area contributed by atoms with Crippen molar-refractivity contribution in [3.05, 3.63) is 29.6 Å². The summed E-state index contributed by atoms with van der Waals surface area (Å²) in [6.45, 7) is 3.02. The lowest BCUT2D eigenvalue weighted by Gasteiger charge is -2.30. The largest absolute Gasteiger partial charge is 0.505 e. The number of rotatable bonds is 6. The standard InChI is InChI=1S/C20H28FN3O4/c1-23-15(12-20(27)24-6-8-28-9-7-24)3-4-16(23)13-22-19(26)11-14-2-5-18(25)17(21)10-14/h2,5,10,15-16,25H,3-4,6-9,11-13H2,1H3,(H,22,26)/t15-,16+/m1/s1. The minimum absolute atomic E-state index is 0.0621. The molecule has 0 aromatic heterocycles. The number of nitrogens with zero attached hydrogens (tertiary/aromatic N) is 2. The van der Waals surface area contributed by atoms with Crippen LogP contribution in [0.25, 0.3) is 0 Å². The lowest BCUT2D eigenvalue weighted by Crippen LogP contribution is -2.45. The molecule has 2 aliphatic heterocycles. The number of aromatic hydroxyl groups is 1. The lowest BCUT2D eigenvalue weighted by molar-refractivity contribution is -0.136. The molecule has 1 aromatic carbocycles. The van der Waals surface area contributed by atoms with E-state index in [0.717, 1.165) is 12.8 Å². The van der Waals surface area contributed by atoms with Crippen LogP contribution in [0.4, 0.5) is 4.39 Å². The summed E-state index contributed by atoms with van der Waals surface area (Å²) < 4.78 is 18.7. The van der Waals surface area contributed by atoms with Gasteiger partial charge < -0.3 is 20.1 Å². The van der Waals surface area contributed by atoms with Gasteiger partial charge in [-0.15, -0.1) is 0 Å². The van der Waals surface area contributed by atoms with Gasteiger partial charge >= 0.3 is 0 Å². The smallest absolute Gasteiger partial charge is 0.224 e. The lowest BCUT2D eigenvalue weighted by atomic mass is 10.1. The third kappa shape index (κ3) is 5.20. The first-order valence-corrected chi connectivity index (χ1v) is 9.75. The minimum atomic E-state index is -0.728. The summed E-state index contributed by atoms with van der Waals surface area (Å²) in [5, 5.41) is 12.1. The maximum Gasteiger partial charge on any atom is 0.224 e. The fourth-order valence-corrected chi connectivity index (χ4v) is 3.87. The van der Waals surface area contributed by atoms with Gasteiger partial charge in [0.2, 0.25) is 11.8 Å². The van der Waals surface area contributed by atoms with Gasteiger partial charge in [-0.2, -0.15) is 0 Å². The van der Waals surface area contributed by atoms with Crippen molar-refractivity contribution < 1.29 is 23.8 Å². The molecule has 2 fully saturated rings. The van der Waals surface area contributed by atoms with E-state index in [1.807, 2.05) is 11.9 Å². The highest BCUT2D eigenvalue weighted by Gasteiger charge is 2.33. The summed E-state index contributed by atoms with van der Waals surface area (Å²) in [5.41, 5.74) is 0.515. The van der Waals surface area contributed by atoms with Gasteiger partial charge in [-0.1, -0.05) is 6.07 Å². The van der Waals surface area contributed by atoms with Crippen LogP contribution in [0.1, 0.15) is 24.8 Å². The Hall–Kier alpha value is -2.19. The Morgan fingerprint density at radius 3 is 2.68 bits per heavy atom. The summed E-state index contributed by atoms with van der Waals surface area (Å²) in [4.78, 5) is 28.6. The number of hydrogen-bond acceptors (Lipinski definition) is 5. The van der Waals surface area contributed by atoms with Gasteiger partial charge in [0.25, 0.3) is 0 Å². The zero-order chi connectivity index (χ0) is 20.1. The molecule has 0 spiro atoms. The summed E-state index contributed by atoms with van der Waals surface area (Å²) in [6.07, 6.45) is 2.41. The number of halogens is 1. The molecule has 2 heterocycles. The second kappa shape index (κ2) is 9.34. The number of carbonyl (C=O) groups excluding carboxylic acids is 2. The van der Waals surface area contributed by atoms with Crippen molar-refractivity contribution in [2.75, 3.05) is 39.9 Å². The molecule has 2 amide bonds. The van der Waals surface area contributed by atoms with Gasteiger partial charge in [-0.3, -0.25) is 14.5 Å². The molecule has 2 atom stereocenters. The molecule has 1 aromatic rings. The highest BCUT2D eigenvalue weighted by Crippen LogP contribution is 2.25. The molecule has 154 valence electrons. The molecule has 7 nitrogen and oxygen atoms in total.